The molecule has 0 unspecified atom stereocenters. The number of hydrogen-bond acceptors (Lipinski definition) is 6. The molecule has 1 heterocycles. The second-order valence-electron chi connectivity index (χ2n) is 4.73. The smallest absolute Gasteiger partial charge is 0.196 e. The summed E-state index contributed by atoms with van der Waals surface area (Å²) in [7, 11) is 0. The molecule has 0 amide bonds. The van der Waals surface area contributed by atoms with Gasteiger partial charge in [-0.15, -0.1) is 0 Å². The Labute approximate surface area is 131 Å². The van der Waals surface area contributed by atoms with E-state index in [1.54, 1.807) is 48.5 Å². The first-order valence-electron chi connectivity index (χ1n) is 6.78. The van der Waals surface area contributed by atoms with Crippen molar-refractivity contribution in [2.24, 2.45) is 5.16 Å². The highest BCUT2D eigenvalue weighted by molar-refractivity contribution is 6.29. The van der Waals surface area contributed by atoms with Crippen LogP contribution in [0.2, 0.25) is 0 Å². The molecule has 4 rings (SSSR count). The van der Waals surface area contributed by atoms with Crippen molar-refractivity contribution in [1.29, 1.82) is 0 Å². The van der Waals surface area contributed by atoms with Gasteiger partial charge in [-0.05, 0) is 17.3 Å². The summed E-state index contributed by atoms with van der Waals surface area (Å²) in [4.78, 5) is 32.7. The molecule has 114 valence electrons. The van der Waals surface area contributed by atoms with Crippen molar-refractivity contribution in [2.45, 2.75) is 0 Å². The van der Waals surface area contributed by atoms with Gasteiger partial charge in [0.15, 0.2) is 11.6 Å². The van der Waals surface area contributed by atoms with E-state index >= 15 is 0 Å². The molecule has 6 heteroatoms. The van der Waals surface area contributed by atoms with Gasteiger partial charge < -0.3 is 5.73 Å². The molecule has 0 fully saturated rings. The van der Waals surface area contributed by atoms with Gasteiger partial charge in [0.05, 0.1) is 11.8 Å². The van der Waals surface area contributed by atoms with E-state index in [0.29, 0.717) is 27.9 Å². The molecule has 6 nitrogen and oxygen atoms in total. The average molecular weight is 308 g/mol. The standard InChI is InChI=1S/C14H9NO2.C3H3NO2/c15-11-7-3-6-10-12(11)14(17)9-5-2-1-4-8(9)13(10)16;1-2-4-6-5-3-1/h1-7H,15H2;1-3H. The fourth-order valence-corrected chi connectivity index (χ4v) is 2.35. The van der Waals surface area contributed by atoms with E-state index in [1.165, 1.54) is 12.5 Å². The van der Waals surface area contributed by atoms with Gasteiger partial charge in [0, 0.05) is 22.4 Å². The zero-order valence-corrected chi connectivity index (χ0v) is 11.9. The molecule has 0 saturated heterocycles. The third kappa shape index (κ3) is 2.69. The van der Waals surface area contributed by atoms with Crippen LogP contribution in [0.5, 0.6) is 0 Å². The van der Waals surface area contributed by atoms with E-state index < -0.39 is 0 Å². The third-order valence-electron chi connectivity index (χ3n) is 3.35. The van der Waals surface area contributed by atoms with Crippen molar-refractivity contribution in [1.82, 2.24) is 0 Å². The highest BCUT2D eigenvalue weighted by atomic mass is 17.3. The van der Waals surface area contributed by atoms with Gasteiger partial charge in [-0.1, -0.05) is 36.4 Å². The molecule has 2 N–H and O–H groups in total. The number of allylic oxidation sites excluding steroid dienone is 1. The fourth-order valence-electron chi connectivity index (χ4n) is 2.35. The van der Waals surface area contributed by atoms with E-state index in [9.17, 15) is 9.59 Å². The molecular weight excluding hydrogens is 296 g/mol. The number of nitrogens with zero attached hydrogens (tertiary/aromatic N) is 1. The van der Waals surface area contributed by atoms with Crippen molar-refractivity contribution >= 4 is 23.5 Å². The largest absolute Gasteiger partial charge is 0.398 e. The Morgan fingerprint density at radius 3 is 2.13 bits per heavy atom. The van der Waals surface area contributed by atoms with Crippen molar-refractivity contribution < 1.29 is 19.5 Å². The van der Waals surface area contributed by atoms with Crippen molar-refractivity contribution in [2.75, 3.05) is 5.73 Å². The van der Waals surface area contributed by atoms with Gasteiger partial charge in [-0.2, -0.15) is 4.99 Å². The maximum atomic E-state index is 12.2. The van der Waals surface area contributed by atoms with Crippen LogP contribution in [-0.4, -0.2) is 17.8 Å². The lowest BCUT2D eigenvalue weighted by molar-refractivity contribution is -0.251. The zero-order valence-electron chi connectivity index (χ0n) is 11.9. The third-order valence-corrected chi connectivity index (χ3v) is 3.35. The predicted molar refractivity (Wildman–Crippen MR) is 84.0 cm³/mol. The molecule has 23 heavy (non-hydrogen) atoms. The summed E-state index contributed by atoms with van der Waals surface area (Å²) in [6.07, 6.45) is 4.51. The Hall–Kier alpha value is -3.41. The maximum absolute atomic E-state index is 12.2. The van der Waals surface area contributed by atoms with Gasteiger partial charge in [0.25, 0.3) is 0 Å². The first-order valence-corrected chi connectivity index (χ1v) is 6.78. The fraction of sp³-hybridized carbons (Fsp3) is 0. The maximum Gasteiger partial charge on any atom is 0.196 e. The minimum Gasteiger partial charge on any atom is -0.398 e. The summed E-state index contributed by atoms with van der Waals surface area (Å²) >= 11 is 0. The summed E-state index contributed by atoms with van der Waals surface area (Å²) in [5.41, 5.74) is 7.75. The zero-order chi connectivity index (χ0) is 16.2. The number of fused-ring (bicyclic) bond motifs is 2. The van der Waals surface area contributed by atoms with Crippen LogP contribution in [0, 0.1) is 0 Å². The Morgan fingerprint density at radius 2 is 1.57 bits per heavy atom. The highest BCUT2D eigenvalue weighted by Gasteiger charge is 2.30. The molecule has 2 aromatic rings. The van der Waals surface area contributed by atoms with Crippen LogP contribution in [0.25, 0.3) is 0 Å². The minimum absolute atomic E-state index is 0.137. The first-order chi connectivity index (χ1) is 11.2. The monoisotopic (exact) mass is 308 g/mol. The Morgan fingerprint density at radius 1 is 0.870 bits per heavy atom. The van der Waals surface area contributed by atoms with E-state index in [1.807, 2.05) is 0 Å². The molecule has 0 bridgehead atoms. The van der Waals surface area contributed by atoms with Crippen LogP contribution in [0.4, 0.5) is 5.69 Å². The van der Waals surface area contributed by atoms with Gasteiger partial charge in [0.2, 0.25) is 0 Å². The predicted octanol–water partition coefficient (Wildman–Crippen LogP) is 2.49. The lowest BCUT2D eigenvalue weighted by Gasteiger charge is -2.18. The van der Waals surface area contributed by atoms with Crippen LogP contribution in [0.15, 0.2) is 60.0 Å². The van der Waals surface area contributed by atoms with E-state index in [2.05, 4.69) is 15.0 Å². The van der Waals surface area contributed by atoms with E-state index in [0.717, 1.165) is 0 Å². The highest BCUT2D eigenvalue weighted by Crippen LogP contribution is 2.30. The number of rotatable bonds is 0. The number of ketones is 2. The molecular formula is C17H12N2O4. The van der Waals surface area contributed by atoms with E-state index in [4.69, 9.17) is 5.73 Å². The summed E-state index contributed by atoms with van der Waals surface area (Å²) < 4.78 is 0. The molecule has 0 spiro atoms. The number of anilines is 1. The number of oxime groups is 1. The molecule has 2 aliphatic rings. The van der Waals surface area contributed by atoms with Crippen LogP contribution in [-0.2, 0) is 9.88 Å². The lowest BCUT2D eigenvalue weighted by atomic mass is 9.83. The Bertz CT molecular complexity index is 828. The molecule has 0 atom stereocenters. The summed E-state index contributed by atoms with van der Waals surface area (Å²) in [6.45, 7) is 0. The van der Waals surface area contributed by atoms with Gasteiger partial charge in [-0.25, -0.2) is 0 Å². The number of carbonyl (C=O) groups excluding carboxylic acids is 2. The van der Waals surface area contributed by atoms with Crippen LogP contribution >= 0.6 is 0 Å². The lowest BCUT2D eigenvalue weighted by Crippen LogP contribution is -2.22. The van der Waals surface area contributed by atoms with Crippen molar-refractivity contribution in [3.8, 4) is 0 Å². The summed E-state index contributed by atoms with van der Waals surface area (Å²) in [6, 6.07) is 11.8. The Balaban J connectivity index is 0.000000220. The topological polar surface area (TPSA) is 91.0 Å². The van der Waals surface area contributed by atoms with Crippen molar-refractivity contribution in [3.63, 3.8) is 0 Å². The van der Waals surface area contributed by atoms with Crippen LogP contribution in [0.3, 0.4) is 0 Å². The molecule has 1 aliphatic heterocycles. The summed E-state index contributed by atoms with van der Waals surface area (Å²) in [5, 5.41) is 3.24. The quantitative estimate of drug-likeness (QED) is 0.509. The second-order valence-corrected chi connectivity index (χ2v) is 4.73. The molecule has 2 aromatic carbocycles. The van der Waals surface area contributed by atoms with E-state index in [-0.39, 0.29) is 11.6 Å². The summed E-state index contributed by atoms with van der Waals surface area (Å²) in [5.74, 6) is -0.309. The molecule has 0 radical (unpaired) electrons. The SMILES string of the molecule is C1=COON=C1.Nc1cccc2c1C(=O)c1ccccc1C2=O. The van der Waals surface area contributed by atoms with Gasteiger partial charge >= 0.3 is 0 Å². The molecule has 0 saturated carbocycles. The second kappa shape index (κ2) is 6.15. The number of benzene rings is 2. The van der Waals surface area contributed by atoms with Gasteiger partial charge in [0.1, 0.15) is 6.26 Å². The number of nitrogen functional groups attached to an aromatic ring is 1. The average Bonchev–Trinajstić information content (AvgIpc) is 2.61. The first kappa shape index (κ1) is 14.5. The number of hydrogen-bond donors (Lipinski definition) is 1. The van der Waals surface area contributed by atoms with Crippen LogP contribution in [0.1, 0.15) is 31.8 Å². The van der Waals surface area contributed by atoms with Crippen molar-refractivity contribution in [3.05, 3.63) is 77.1 Å². The number of nitrogens with two attached hydrogens (primary N) is 1. The molecule has 1 aliphatic carbocycles. The number of carbonyl (C=O) groups is 2. The normalized spacial score (nSPS) is 13.9. The minimum atomic E-state index is -0.173. The van der Waals surface area contributed by atoms with Crippen LogP contribution < -0.4 is 5.73 Å². The molecule has 0 aromatic heterocycles. The Kier molecular flexibility index (Phi) is 3.88. The van der Waals surface area contributed by atoms with Gasteiger partial charge in [-0.3, -0.25) is 14.5 Å².